The number of halogens is 3. The minimum Gasteiger partial charge on any atom is -0.329 e. The zero-order valence-electron chi connectivity index (χ0n) is 15.8. The molecule has 1 aliphatic rings. The minimum atomic E-state index is -4.48. The molecule has 1 saturated carbocycles. The topological polar surface area (TPSA) is 79.6 Å². The fraction of sp³-hybridized carbons (Fsp3) is 0.300. The summed E-state index contributed by atoms with van der Waals surface area (Å²) in [4.78, 5) is 30.8. The number of nitrogens with zero attached hydrogens (tertiary/aromatic N) is 4. The molecule has 3 aromatic rings. The van der Waals surface area contributed by atoms with Crippen LogP contribution in [0.25, 0.3) is 5.65 Å². The van der Waals surface area contributed by atoms with Gasteiger partial charge in [-0.2, -0.15) is 18.2 Å². The van der Waals surface area contributed by atoms with Crippen molar-refractivity contribution in [1.29, 1.82) is 0 Å². The molecule has 0 spiro atoms. The van der Waals surface area contributed by atoms with E-state index < -0.39 is 23.6 Å². The Hall–Kier alpha value is -3.43. The van der Waals surface area contributed by atoms with Crippen LogP contribution in [0.4, 0.5) is 19.1 Å². The number of amides is 2. The van der Waals surface area contributed by atoms with Crippen molar-refractivity contribution >= 4 is 23.4 Å². The fourth-order valence-corrected chi connectivity index (χ4v) is 3.04. The Morgan fingerprint density at radius 2 is 1.87 bits per heavy atom. The van der Waals surface area contributed by atoms with E-state index in [-0.39, 0.29) is 18.1 Å². The zero-order chi connectivity index (χ0) is 21.3. The third-order valence-electron chi connectivity index (χ3n) is 4.75. The number of benzene rings is 1. The van der Waals surface area contributed by atoms with Gasteiger partial charge in [-0.05, 0) is 55.2 Å². The molecule has 2 heterocycles. The van der Waals surface area contributed by atoms with E-state index in [1.807, 2.05) is 0 Å². The Kier molecular flexibility index (Phi) is 5.15. The molecule has 7 nitrogen and oxygen atoms in total. The lowest BCUT2D eigenvalue weighted by molar-refractivity contribution is -0.137. The molecule has 10 heteroatoms. The fourth-order valence-electron chi connectivity index (χ4n) is 3.04. The average Bonchev–Trinajstić information content (AvgIpc) is 3.43. The maximum absolute atomic E-state index is 12.8. The lowest BCUT2D eigenvalue weighted by Gasteiger charge is -2.22. The number of aromatic nitrogens is 3. The molecular formula is C20H18F3N5O2. The van der Waals surface area contributed by atoms with Gasteiger partial charge in [0.2, 0.25) is 11.9 Å². The number of alkyl halides is 3. The molecule has 1 fully saturated rings. The molecule has 4 rings (SSSR count). The summed E-state index contributed by atoms with van der Waals surface area (Å²) in [5.74, 6) is -0.565. The monoisotopic (exact) mass is 417 g/mol. The van der Waals surface area contributed by atoms with Gasteiger partial charge in [-0.1, -0.05) is 6.07 Å². The van der Waals surface area contributed by atoms with Crippen LogP contribution < -0.4 is 5.32 Å². The normalized spacial score (nSPS) is 14.0. The number of fused-ring (bicyclic) bond motifs is 1. The summed E-state index contributed by atoms with van der Waals surface area (Å²) >= 11 is 0. The van der Waals surface area contributed by atoms with Gasteiger partial charge in [0.25, 0.3) is 5.91 Å². The van der Waals surface area contributed by atoms with Gasteiger partial charge in [-0.3, -0.25) is 14.9 Å². The second kappa shape index (κ2) is 7.77. The van der Waals surface area contributed by atoms with Gasteiger partial charge < -0.3 is 4.90 Å². The number of anilines is 1. The van der Waals surface area contributed by atoms with Crippen LogP contribution in [0.5, 0.6) is 0 Å². The summed E-state index contributed by atoms with van der Waals surface area (Å²) in [7, 11) is 0. The van der Waals surface area contributed by atoms with Gasteiger partial charge in [0.1, 0.15) is 6.54 Å². The Bertz CT molecular complexity index is 1040. The highest BCUT2D eigenvalue weighted by Crippen LogP contribution is 2.31. The molecule has 2 aromatic heterocycles. The molecule has 156 valence electrons. The van der Waals surface area contributed by atoms with Crippen LogP contribution in [0.2, 0.25) is 0 Å². The molecule has 0 atom stereocenters. The number of hydrogen-bond donors (Lipinski definition) is 1. The third kappa shape index (κ3) is 4.58. The van der Waals surface area contributed by atoms with Crippen LogP contribution in [-0.2, 0) is 11.0 Å². The smallest absolute Gasteiger partial charge is 0.329 e. The lowest BCUT2D eigenvalue weighted by Crippen LogP contribution is -2.39. The summed E-state index contributed by atoms with van der Waals surface area (Å²) in [6.45, 7) is 0.123. The summed E-state index contributed by atoms with van der Waals surface area (Å²) in [5.41, 5.74) is -0.172. The molecule has 2 amide bonds. The standard InChI is InChI=1S/C20H18F3N5O2/c21-20(22,23)15-8-6-14(7-9-15)18(30)27(11-13-4-5-13)12-17(29)25-19-24-16-3-1-2-10-28(16)26-19/h1-3,6-10,13H,4-5,11-12H2,(H,25,26,29). The second-order valence-electron chi connectivity index (χ2n) is 7.19. The predicted octanol–water partition coefficient (Wildman–Crippen LogP) is 3.24. The Labute approximate surface area is 169 Å². The van der Waals surface area contributed by atoms with E-state index in [1.54, 1.807) is 24.4 Å². The van der Waals surface area contributed by atoms with E-state index in [1.165, 1.54) is 9.42 Å². The molecule has 1 N–H and O–H groups in total. The van der Waals surface area contributed by atoms with Crippen LogP contribution in [0.3, 0.4) is 0 Å². The molecule has 1 aromatic carbocycles. The molecule has 0 saturated heterocycles. The number of carbonyl (C=O) groups is 2. The SMILES string of the molecule is O=C(CN(CC1CC1)C(=O)c1ccc(C(F)(F)F)cc1)Nc1nc2ccccn2n1. The van der Waals surface area contributed by atoms with Gasteiger partial charge in [0.05, 0.1) is 5.56 Å². The van der Waals surface area contributed by atoms with Crippen molar-refractivity contribution in [2.45, 2.75) is 19.0 Å². The third-order valence-corrected chi connectivity index (χ3v) is 4.75. The first-order valence-corrected chi connectivity index (χ1v) is 9.37. The predicted molar refractivity (Wildman–Crippen MR) is 102 cm³/mol. The van der Waals surface area contributed by atoms with Crippen LogP contribution in [0, 0.1) is 5.92 Å². The number of rotatable bonds is 6. The summed E-state index contributed by atoms with van der Waals surface area (Å²) in [5, 5.41) is 6.70. The first kappa shape index (κ1) is 19.9. The average molecular weight is 417 g/mol. The number of nitrogens with one attached hydrogen (secondary N) is 1. The van der Waals surface area contributed by atoms with Crippen LogP contribution in [0.1, 0.15) is 28.8 Å². The van der Waals surface area contributed by atoms with E-state index in [9.17, 15) is 22.8 Å². The highest BCUT2D eigenvalue weighted by molar-refractivity contribution is 5.99. The molecule has 0 unspecified atom stereocenters. The van der Waals surface area contributed by atoms with E-state index in [0.29, 0.717) is 18.1 Å². The molecular weight excluding hydrogens is 399 g/mol. The number of hydrogen-bond acceptors (Lipinski definition) is 4. The molecule has 30 heavy (non-hydrogen) atoms. The van der Waals surface area contributed by atoms with Crippen molar-refractivity contribution in [2.24, 2.45) is 5.92 Å². The van der Waals surface area contributed by atoms with Crippen molar-refractivity contribution in [3.63, 3.8) is 0 Å². The number of pyridine rings is 1. The summed E-state index contributed by atoms with van der Waals surface area (Å²) < 4.78 is 39.8. The Morgan fingerprint density at radius 3 is 2.50 bits per heavy atom. The van der Waals surface area contributed by atoms with E-state index in [0.717, 1.165) is 37.1 Å². The maximum atomic E-state index is 12.8. The van der Waals surface area contributed by atoms with E-state index >= 15 is 0 Å². The van der Waals surface area contributed by atoms with Crippen molar-refractivity contribution in [3.05, 3.63) is 59.8 Å². The first-order chi connectivity index (χ1) is 14.3. The van der Waals surface area contributed by atoms with Crippen molar-refractivity contribution in [2.75, 3.05) is 18.4 Å². The molecule has 0 bridgehead atoms. The first-order valence-electron chi connectivity index (χ1n) is 9.37. The van der Waals surface area contributed by atoms with Gasteiger partial charge in [-0.25, -0.2) is 4.52 Å². The van der Waals surface area contributed by atoms with Crippen molar-refractivity contribution < 1.29 is 22.8 Å². The summed E-state index contributed by atoms with van der Waals surface area (Å²) in [6, 6.07) is 9.28. The van der Waals surface area contributed by atoms with Crippen molar-refractivity contribution in [1.82, 2.24) is 19.5 Å². The Morgan fingerprint density at radius 1 is 1.13 bits per heavy atom. The van der Waals surface area contributed by atoms with Gasteiger partial charge >= 0.3 is 6.18 Å². The van der Waals surface area contributed by atoms with E-state index in [4.69, 9.17) is 0 Å². The van der Waals surface area contributed by atoms with Crippen LogP contribution >= 0.6 is 0 Å². The van der Waals surface area contributed by atoms with Gasteiger partial charge in [0, 0.05) is 18.3 Å². The molecule has 0 radical (unpaired) electrons. The molecule has 0 aliphatic heterocycles. The Balaban J connectivity index is 1.46. The largest absolute Gasteiger partial charge is 0.416 e. The molecule has 1 aliphatic carbocycles. The maximum Gasteiger partial charge on any atom is 0.416 e. The minimum absolute atomic E-state index is 0.0994. The highest BCUT2D eigenvalue weighted by atomic mass is 19.4. The van der Waals surface area contributed by atoms with E-state index in [2.05, 4.69) is 15.4 Å². The van der Waals surface area contributed by atoms with Gasteiger partial charge in [0.15, 0.2) is 5.65 Å². The van der Waals surface area contributed by atoms with Gasteiger partial charge in [-0.15, -0.1) is 5.10 Å². The van der Waals surface area contributed by atoms with Crippen LogP contribution in [-0.4, -0.2) is 44.4 Å². The van der Waals surface area contributed by atoms with Crippen LogP contribution in [0.15, 0.2) is 48.7 Å². The summed E-state index contributed by atoms with van der Waals surface area (Å²) in [6.07, 6.45) is -0.888. The lowest BCUT2D eigenvalue weighted by atomic mass is 10.1. The quantitative estimate of drug-likeness (QED) is 0.668. The zero-order valence-corrected chi connectivity index (χ0v) is 15.8. The second-order valence-corrected chi connectivity index (χ2v) is 7.19. The highest BCUT2D eigenvalue weighted by Gasteiger charge is 2.32. The number of carbonyl (C=O) groups excluding carboxylic acids is 2. The van der Waals surface area contributed by atoms with Crippen molar-refractivity contribution in [3.8, 4) is 0 Å².